The van der Waals surface area contributed by atoms with Gasteiger partial charge in [0.05, 0.1) is 0 Å². The summed E-state index contributed by atoms with van der Waals surface area (Å²) in [5.74, 6) is 0. The van der Waals surface area contributed by atoms with Crippen molar-refractivity contribution in [1.29, 1.82) is 0 Å². The minimum atomic E-state index is -2.33. The molecule has 0 unspecified atom stereocenters. The maximum atomic E-state index is 8.44. The molecule has 0 aliphatic heterocycles. The van der Waals surface area contributed by atoms with Gasteiger partial charge in [0.1, 0.15) is 0 Å². The first-order valence-electron chi connectivity index (χ1n) is 1.24. The van der Waals surface area contributed by atoms with Gasteiger partial charge in [0.15, 0.2) is 0 Å². The first kappa shape index (κ1) is 41.0. The van der Waals surface area contributed by atoms with E-state index in [1.54, 1.807) is 0 Å². The van der Waals surface area contributed by atoms with E-state index in [-0.39, 0.29) is 54.2 Å². The van der Waals surface area contributed by atoms with Gasteiger partial charge in [0.2, 0.25) is 6.16 Å². The van der Waals surface area contributed by atoms with Crippen molar-refractivity contribution in [2.45, 2.75) is 0 Å². The van der Waals surface area contributed by atoms with Crippen molar-refractivity contribution in [1.82, 2.24) is 0 Å². The van der Waals surface area contributed by atoms with Crippen LogP contribution in [0.15, 0.2) is 0 Å². The van der Waals surface area contributed by atoms with Crippen molar-refractivity contribution in [3.63, 3.8) is 0 Å². The third-order valence-corrected chi connectivity index (χ3v) is 0. The van der Waals surface area contributed by atoms with Gasteiger partial charge in [-0.25, -0.2) is 0 Å². The molecule has 0 radical (unpaired) electrons. The summed E-state index contributed by atoms with van der Waals surface area (Å²) in [5.41, 5.74) is 0. The topological polar surface area (TPSA) is 187 Å². The molecule has 10 heteroatoms. The van der Waals surface area contributed by atoms with Crippen molar-refractivity contribution in [2.24, 2.45) is 0 Å². The van der Waals surface area contributed by atoms with Gasteiger partial charge in [-0.15, -0.1) is 0 Å². The Morgan fingerprint density at radius 3 is 1.08 bits per heavy atom. The first-order valence-corrected chi connectivity index (χ1v) is 1.24. The molecule has 68 valence electrons. The van der Waals surface area contributed by atoms with E-state index in [0.717, 1.165) is 0 Å². The third kappa shape index (κ3) is 12900. The van der Waals surface area contributed by atoms with Gasteiger partial charge in [0, 0.05) is 0 Å². The largest absolute Gasteiger partial charge is 3.00 e. The van der Waals surface area contributed by atoms with Crippen molar-refractivity contribution < 1.29 is 43.8 Å². The Morgan fingerprint density at radius 2 is 1.08 bits per heavy atom. The van der Waals surface area contributed by atoms with Crippen molar-refractivity contribution in [2.75, 3.05) is 0 Å². The standard InChI is InChI=1S/2CH2O3.Al.Mg.2H2O.2H/c2*2-1(3)4;;;;;;/h2*(H2,2,3,4);;;2*1H2;;/q;;+3;+2;;;2*-1/p-3. The fourth-order valence-corrected chi connectivity index (χ4v) is 0. The molecule has 0 bridgehead atoms. The van der Waals surface area contributed by atoms with Crippen LogP contribution in [0.2, 0.25) is 0 Å². The molecule has 0 spiro atoms. The Kier molecular flexibility index (Phi) is 106. The van der Waals surface area contributed by atoms with Crippen molar-refractivity contribution >= 4 is 52.7 Å². The summed E-state index contributed by atoms with van der Waals surface area (Å²) >= 11 is 0. The quantitative estimate of drug-likeness (QED) is 0.387. The van der Waals surface area contributed by atoms with E-state index in [0.29, 0.717) is 0 Å². The van der Waals surface area contributed by atoms with Crippen LogP contribution in [0.3, 0.4) is 0 Å². The van der Waals surface area contributed by atoms with E-state index >= 15 is 0 Å². The minimum absolute atomic E-state index is 0. The molecule has 0 saturated carbocycles. The van der Waals surface area contributed by atoms with E-state index in [2.05, 4.69) is 0 Å². The molecule has 0 aromatic rings. The SMILES string of the molecule is O.O.O=C([O-])O.O=C([O-])[O-].[Al+3].[H-].[H-].[Mg+2]. The molecule has 0 rings (SSSR count). The fraction of sp³-hybridized carbons (Fsp3) is 0. The second kappa shape index (κ2) is 30.9. The van der Waals surface area contributed by atoms with Crippen molar-refractivity contribution in [3.05, 3.63) is 0 Å². The summed E-state index contributed by atoms with van der Waals surface area (Å²) in [6.07, 6.45) is -4.42. The number of hydrogen-bond donors (Lipinski definition) is 1. The van der Waals surface area contributed by atoms with Crippen LogP contribution in [0.5, 0.6) is 0 Å². The normalized spacial score (nSPS) is 4.00. The summed E-state index contributed by atoms with van der Waals surface area (Å²) in [5, 5.41) is 32.0. The van der Waals surface area contributed by atoms with Crippen LogP contribution in [-0.2, 0) is 0 Å². The number of carbonyl (C=O) groups excluding carboxylic acids is 1. The predicted molar refractivity (Wildman–Crippen MR) is 34.4 cm³/mol. The van der Waals surface area contributed by atoms with E-state index in [4.69, 9.17) is 30.0 Å². The third-order valence-electron chi connectivity index (χ3n) is 0. The van der Waals surface area contributed by atoms with E-state index < -0.39 is 12.3 Å². The monoisotopic (exact) mass is 210 g/mol. The molecule has 0 fully saturated rings. The van der Waals surface area contributed by atoms with Gasteiger partial charge in [0.25, 0.3) is 0 Å². The van der Waals surface area contributed by atoms with E-state index in [1.807, 2.05) is 0 Å². The minimum Gasteiger partial charge on any atom is -1.00 e. The summed E-state index contributed by atoms with van der Waals surface area (Å²) < 4.78 is 0. The molecule has 0 amide bonds. The van der Waals surface area contributed by atoms with Gasteiger partial charge in [-0.1, -0.05) is 0 Å². The molecular weight excluding hydrogens is 203 g/mol. The zero-order valence-electron chi connectivity index (χ0n) is 7.77. The van der Waals surface area contributed by atoms with Crippen LogP contribution in [0.4, 0.5) is 9.59 Å². The zero-order valence-corrected chi connectivity index (χ0v) is 8.34. The van der Waals surface area contributed by atoms with Crippen LogP contribution >= 0.6 is 0 Å². The molecule has 12 heavy (non-hydrogen) atoms. The van der Waals surface area contributed by atoms with Crippen LogP contribution in [0, 0.1) is 0 Å². The second-order valence-electron chi connectivity index (χ2n) is 0.516. The number of hydrogen-bond acceptors (Lipinski definition) is 5. The van der Waals surface area contributed by atoms with Gasteiger partial charge in [-0.3, -0.25) is 0 Å². The number of rotatable bonds is 0. The molecular formula is C2H7AlMgO8. The zero-order chi connectivity index (χ0) is 7.15. The average molecular weight is 210 g/mol. The molecule has 0 atom stereocenters. The number of carboxylic acid groups (broad SMARTS) is 4. The van der Waals surface area contributed by atoms with Gasteiger partial charge in [-0.2, -0.15) is 0 Å². The van der Waals surface area contributed by atoms with Crippen LogP contribution in [0.1, 0.15) is 2.85 Å². The molecule has 5 N–H and O–H groups in total. The molecule has 8 nitrogen and oxygen atoms in total. The predicted octanol–water partition coefficient (Wildman–Crippen LogP) is -5.75. The summed E-state index contributed by atoms with van der Waals surface area (Å²) in [7, 11) is 0. The Hall–Kier alpha value is -0.241. The van der Waals surface area contributed by atoms with E-state index in [9.17, 15) is 0 Å². The maximum absolute atomic E-state index is 8.44. The Labute approximate surface area is 96.7 Å². The molecule has 0 aromatic heterocycles. The number of carbonyl (C=O) groups is 2. The van der Waals surface area contributed by atoms with Crippen LogP contribution in [-0.4, -0.2) is 68.8 Å². The molecule has 0 saturated heterocycles. The summed E-state index contributed by atoms with van der Waals surface area (Å²) in [6, 6.07) is 0. The molecule has 0 aliphatic rings. The Morgan fingerprint density at radius 1 is 1.08 bits per heavy atom. The summed E-state index contributed by atoms with van der Waals surface area (Å²) in [4.78, 5) is 16.8. The second-order valence-corrected chi connectivity index (χ2v) is 0.516. The van der Waals surface area contributed by atoms with E-state index in [1.165, 1.54) is 0 Å². The average Bonchev–Trinajstić information content (AvgIpc) is 1.25. The van der Waals surface area contributed by atoms with Gasteiger partial charge in [-0.05, 0) is 6.16 Å². The smallest absolute Gasteiger partial charge is 1.00 e. The van der Waals surface area contributed by atoms with Gasteiger partial charge >= 0.3 is 40.4 Å². The fourth-order valence-electron chi connectivity index (χ4n) is 0. The van der Waals surface area contributed by atoms with Crippen molar-refractivity contribution in [3.8, 4) is 0 Å². The molecule has 0 aliphatic carbocycles. The van der Waals surface area contributed by atoms with Gasteiger partial charge < -0.3 is 43.8 Å². The first-order chi connectivity index (χ1) is 3.46. The Bertz CT molecular complexity index is 83.3. The summed E-state index contributed by atoms with van der Waals surface area (Å²) in [6.45, 7) is 0. The Balaban J connectivity index is -0.00000000600. The van der Waals surface area contributed by atoms with Crippen LogP contribution < -0.4 is 15.3 Å². The molecule has 0 heterocycles. The molecule has 0 aromatic carbocycles. The maximum Gasteiger partial charge on any atom is 3.00 e. The van der Waals surface area contributed by atoms with Crippen LogP contribution in [0.25, 0.3) is 0 Å².